The van der Waals surface area contributed by atoms with E-state index >= 15 is 0 Å². The number of hydrogen-bond donors (Lipinski definition) is 2. The minimum atomic E-state index is -0.178. The molecule has 1 aromatic heterocycles. The lowest BCUT2D eigenvalue weighted by molar-refractivity contribution is -0.119. The summed E-state index contributed by atoms with van der Waals surface area (Å²) in [5.74, 6) is 0.272. The number of amides is 1. The molecule has 1 aliphatic carbocycles. The van der Waals surface area contributed by atoms with Crippen molar-refractivity contribution in [1.29, 1.82) is 0 Å². The van der Waals surface area contributed by atoms with Crippen LogP contribution in [-0.2, 0) is 4.79 Å². The van der Waals surface area contributed by atoms with Crippen molar-refractivity contribution in [3.63, 3.8) is 0 Å². The second-order valence-corrected chi connectivity index (χ2v) is 5.52. The van der Waals surface area contributed by atoms with Crippen molar-refractivity contribution in [2.45, 2.75) is 50.4 Å². The lowest BCUT2D eigenvalue weighted by atomic mass is 10.3. The average molecular weight is 270 g/mol. The van der Waals surface area contributed by atoms with E-state index in [0.29, 0.717) is 10.9 Å². The molecule has 7 heteroatoms. The third-order valence-electron chi connectivity index (χ3n) is 2.94. The van der Waals surface area contributed by atoms with Crippen molar-refractivity contribution in [2.75, 3.05) is 5.75 Å². The van der Waals surface area contributed by atoms with Gasteiger partial charge >= 0.3 is 5.69 Å². The van der Waals surface area contributed by atoms with E-state index in [1.807, 2.05) is 13.8 Å². The predicted octanol–water partition coefficient (Wildman–Crippen LogP) is 0.913. The highest BCUT2D eigenvalue weighted by Crippen LogP contribution is 2.35. The Balaban J connectivity index is 1.90. The Morgan fingerprint density at radius 2 is 2.39 bits per heavy atom. The average Bonchev–Trinajstić information content (AvgIpc) is 3.11. The summed E-state index contributed by atoms with van der Waals surface area (Å²) in [4.78, 5) is 23.2. The molecule has 0 saturated heterocycles. The monoisotopic (exact) mass is 270 g/mol. The Labute approximate surface area is 110 Å². The third kappa shape index (κ3) is 3.16. The van der Waals surface area contributed by atoms with Crippen LogP contribution in [0, 0.1) is 0 Å². The summed E-state index contributed by atoms with van der Waals surface area (Å²) in [6, 6.07) is 0.458. The number of nitrogens with zero attached hydrogens (tertiary/aromatic N) is 2. The van der Waals surface area contributed by atoms with Crippen LogP contribution in [0.2, 0.25) is 0 Å². The first-order valence-electron chi connectivity index (χ1n) is 6.21. The van der Waals surface area contributed by atoms with E-state index in [1.54, 1.807) is 4.57 Å². The quantitative estimate of drug-likeness (QED) is 0.753. The first-order valence-corrected chi connectivity index (χ1v) is 7.19. The minimum absolute atomic E-state index is 0.0212. The third-order valence-corrected chi connectivity index (χ3v) is 3.89. The molecule has 1 atom stereocenters. The molecule has 0 unspecified atom stereocenters. The molecule has 2 rings (SSSR count). The highest BCUT2D eigenvalue weighted by Gasteiger charge is 2.28. The summed E-state index contributed by atoms with van der Waals surface area (Å²) in [7, 11) is 0. The molecule has 1 saturated carbocycles. The molecule has 0 aromatic carbocycles. The van der Waals surface area contributed by atoms with Crippen LogP contribution in [0.4, 0.5) is 0 Å². The molecular weight excluding hydrogens is 252 g/mol. The van der Waals surface area contributed by atoms with Crippen LogP contribution in [0.15, 0.2) is 9.95 Å². The van der Waals surface area contributed by atoms with Gasteiger partial charge in [0.2, 0.25) is 5.91 Å². The molecule has 0 spiro atoms. The second-order valence-electron chi connectivity index (χ2n) is 4.58. The minimum Gasteiger partial charge on any atom is -0.353 e. The van der Waals surface area contributed by atoms with E-state index in [0.717, 1.165) is 19.3 Å². The number of aromatic amines is 1. The summed E-state index contributed by atoms with van der Waals surface area (Å²) >= 11 is 1.31. The van der Waals surface area contributed by atoms with Gasteiger partial charge in [-0.2, -0.15) is 0 Å². The predicted molar refractivity (Wildman–Crippen MR) is 69.7 cm³/mol. The van der Waals surface area contributed by atoms with Gasteiger partial charge in [0.15, 0.2) is 5.16 Å². The molecule has 18 heavy (non-hydrogen) atoms. The molecular formula is C11H18N4O2S. The molecule has 1 aliphatic rings. The summed E-state index contributed by atoms with van der Waals surface area (Å²) in [6.07, 6.45) is 2.95. The van der Waals surface area contributed by atoms with Gasteiger partial charge in [-0.25, -0.2) is 9.89 Å². The van der Waals surface area contributed by atoms with Gasteiger partial charge in [0.05, 0.1) is 5.75 Å². The Hall–Kier alpha value is -1.24. The van der Waals surface area contributed by atoms with Gasteiger partial charge in [0.25, 0.3) is 0 Å². The first-order chi connectivity index (χ1) is 8.61. The number of thioether (sulfide) groups is 1. The molecule has 0 bridgehead atoms. The summed E-state index contributed by atoms with van der Waals surface area (Å²) < 4.78 is 1.65. The molecule has 1 fully saturated rings. The number of rotatable bonds is 6. The zero-order chi connectivity index (χ0) is 13.1. The zero-order valence-corrected chi connectivity index (χ0v) is 11.4. The van der Waals surface area contributed by atoms with E-state index in [2.05, 4.69) is 15.5 Å². The van der Waals surface area contributed by atoms with Gasteiger partial charge in [-0.05, 0) is 26.2 Å². The maximum atomic E-state index is 11.6. The molecule has 2 N–H and O–H groups in total. The molecule has 1 heterocycles. The Morgan fingerprint density at radius 1 is 1.67 bits per heavy atom. The molecule has 1 amide bonds. The topological polar surface area (TPSA) is 79.8 Å². The van der Waals surface area contributed by atoms with Gasteiger partial charge in [0.1, 0.15) is 0 Å². The van der Waals surface area contributed by atoms with E-state index < -0.39 is 0 Å². The van der Waals surface area contributed by atoms with Crippen molar-refractivity contribution < 1.29 is 4.79 Å². The van der Waals surface area contributed by atoms with E-state index in [-0.39, 0.29) is 23.7 Å². The van der Waals surface area contributed by atoms with Gasteiger partial charge in [-0.3, -0.25) is 9.36 Å². The maximum absolute atomic E-state index is 11.6. The fourth-order valence-corrected chi connectivity index (χ4v) is 2.42. The van der Waals surface area contributed by atoms with Crippen LogP contribution in [-0.4, -0.2) is 32.5 Å². The van der Waals surface area contributed by atoms with Crippen molar-refractivity contribution in [2.24, 2.45) is 0 Å². The molecule has 100 valence electrons. The van der Waals surface area contributed by atoms with Crippen LogP contribution >= 0.6 is 11.8 Å². The fraction of sp³-hybridized carbons (Fsp3) is 0.727. The van der Waals surface area contributed by atoms with Crippen LogP contribution < -0.4 is 11.0 Å². The number of nitrogens with one attached hydrogen (secondary N) is 2. The normalized spacial score (nSPS) is 16.6. The van der Waals surface area contributed by atoms with E-state index in [1.165, 1.54) is 11.8 Å². The number of hydrogen-bond acceptors (Lipinski definition) is 4. The van der Waals surface area contributed by atoms with E-state index in [9.17, 15) is 9.59 Å². The number of carbonyl (C=O) groups is 1. The first kappa shape index (κ1) is 13.2. The van der Waals surface area contributed by atoms with Crippen molar-refractivity contribution in [3.8, 4) is 0 Å². The van der Waals surface area contributed by atoms with Gasteiger partial charge < -0.3 is 5.32 Å². The number of carbonyl (C=O) groups excluding carboxylic acids is 1. The smallest absolute Gasteiger partial charge is 0.344 e. The number of H-pyrrole nitrogens is 1. The molecule has 0 aliphatic heterocycles. The lowest BCUT2D eigenvalue weighted by Crippen LogP contribution is -2.33. The Kier molecular flexibility index (Phi) is 4.11. The molecule has 1 aromatic rings. The lowest BCUT2D eigenvalue weighted by Gasteiger charge is -2.10. The maximum Gasteiger partial charge on any atom is 0.344 e. The SMILES string of the molecule is CC[C@H](C)NC(=O)CSc1n[nH]c(=O)n1C1CC1. The van der Waals surface area contributed by atoms with Gasteiger partial charge in [-0.15, -0.1) is 5.10 Å². The van der Waals surface area contributed by atoms with Crippen LogP contribution in [0.5, 0.6) is 0 Å². The Morgan fingerprint density at radius 3 is 3.00 bits per heavy atom. The van der Waals surface area contributed by atoms with Crippen molar-refractivity contribution >= 4 is 17.7 Å². The van der Waals surface area contributed by atoms with Crippen LogP contribution in [0.1, 0.15) is 39.2 Å². The molecule has 6 nitrogen and oxygen atoms in total. The fourth-order valence-electron chi connectivity index (χ4n) is 1.60. The van der Waals surface area contributed by atoms with Gasteiger partial charge in [-0.1, -0.05) is 18.7 Å². The van der Waals surface area contributed by atoms with Crippen LogP contribution in [0.25, 0.3) is 0 Å². The number of aromatic nitrogens is 3. The van der Waals surface area contributed by atoms with Crippen molar-refractivity contribution in [3.05, 3.63) is 10.5 Å². The summed E-state index contributed by atoms with van der Waals surface area (Å²) in [5.41, 5.74) is -0.178. The molecule has 0 radical (unpaired) electrons. The standard InChI is InChI=1S/C11H18N4O2S/c1-3-7(2)12-9(16)6-18-11-14-13-10(17)15(11)8-4-5-8/h7-8H,3-6H2,1-2H3,(H,12,16)(H,13,17)/t7-/m0/s1. The summed E-state index contributed by atoms with van der Waals surface area (Å²) in [6.45, 7) is 3.99. The zero-order valence-electron chi connectivity index (χ0n) is 10.6. The van der Waals surface area contributed by atoms with Crippen LogP contribution in [0.3, 0.4) is 0 Å². The van der Waals surface area contributed by atoms with Crippen molar-refractivity contribution in [1.82, 2.24) is 20.1 Å². The second kappa shape index (κ2) is 5.60. The largest absolute Gasteiger partial charge is 0.353 e. The highest BCUT2D eigenvalue weighted by molar-refractivity contribution is 7.99. The van der Waals surface area contributed by atoms with E-state index in [4.69, 9.17) is 0 Å². The van der Waals surface area contributed by atoms with Gasteiger partial charge in [0, 0.05) is 12.1 Å². The summed E-state index contributed by atoms with van der Waals surface area (Å²) in [5, 5.41) is 9.89. The highest BCUT2D eigenvalue weighted by atomic mass is 32.2. The Bertz CT molecular complexity index is 478.